The molecule has 0 fully saturated rings. The van der Waals surface area contributed by atoms with Gasteiger partial charge in [-0.15, -0.1) is 0 Å². The topological polar surface area (TPSA) is 66.4 Å². The minimum absolute atomic E-state index is 0.0168. The lowest BCUT2D eigenvalue weighted by Gasteiger charge is -2.10. The van der Waals surface area contributed by atoms with Crippen LogP contribution in [0.5, 0.6) is 0 Å². The number of benzene rings is 1. The van der Waals surface area contributed by atoms with Gasteiger partial charge >= 0.3 is 0 Å². The van der Waals surface area contributed by atoms with Crippen LogP contribution in [0.4, 0.5) is 0 Å². The van der Waals surface area contributed by atoms with Crippen LogP contribution < -0.4 is 4.72 Å². The van der Waals surface area contributed by atoms with Crippen molar-refractivity contribution in [3.63, 3.8) is 0 Å². The molecule has 0 saturated heterocycles. The second-order valence-electron chi connectivity index (χ2n) is 4.40. The van der Waals surface area contributed by atoms with Crippen LogP contribution in [0.15, 0.2) is 23.1 Å². The van der Waals surface area contributed by atoms with Gasteiger partial charge in [0.1, 0.15) is 4.90 Å². The third-order valence-electron chi connectivity index (χ3n) is 2.66. The molecule has 1 atom stereocenters. The van der Waals surface area contributed by atoms with E-state index in [0.717, 1.165) is 6.42 Å². The van der Waals surface area contributed by atoms with Crippen molar-refractivity contribution in [2.45, 2.75) is 24.7 Å². The Kier molecular flexibility index (Phi) is 6.56. The molecule has 0 amide bonds. The molecule has 0 aliphatic heterocycles. The van der Waals surface area contributed by atoms with Crippen molar-refractivity contribution in [1.82, 2.24) is 4.72 Å². The summed E-state index contributed by atoms with van der Waals surface area (Å²) in [5.41, 5.74) is 0. The Labute approximate surface area is 123 Å². The molecule has 0 aliphatic carbocycles. The van der Waals surface area contributed by atoms with Crippen LogP contribution in [0.3, 0.4) is 0 Å². The highest BCUT2D eigenvalue weighted by molar-refractivity contribution is 7.89. The van der Waals surface area contributed by atoms with Gasteiger partial charge in [0, 0.05) is 18.2 Å². The summed E-state index contributed by atoms with van der Waals surface area (Å²) in [6, 6.07) is 4.31. The largest absolute Gasteiger partial charge is 0.396 e. The van der Waals surface area contributed by atoms with Crippen molar-refractivity contribution >= 4 is 33.2 Å². The number of hydrogen-bond acceptors (Lipinski definition) is 3. The summed E-state index contributed by atoms with van der Waals surface area (Å²) in [6.07, 6.45) is 1.40. The van der Waals surface area contributed by atoms with Crippen LogP contribution >= 0.6 is 23.2 Å². The van der Waals surface area contributed by atoms with E-state index < -0.39 is 10.0 Å². The maximum absolute atomic E-state index is 12.0. The molecule has 0 bridgehead atoms. The van der Waals surface area contributed by atoms with Gasteiger partial charge in [0.15, 0.2) is 0 Å². The number of aliphatic hydroxyl groups is 1. The minimum atomic E-state index is -3.65. The van der Waals surface area contributed by atoms with Gasteiger partial charge in [-0.1, -0.05) is 30.1 Å². The molecule has 4 nitrogen and oxygen atoms in total. The third kappa shape index (κ3) is 5.28. The molecule has 2 N–H and O–H groups in total. The fourth-order valence-electron chi connectivity index (χ4n) is 1.51. The van der Waals surface area contributed by atoms with Gasteiger partial charge in [0.05, 0.1) is 5.02 Å². The fraction of sp³-hybridized carbons (Fsp3) is 0.500. The molecule has 1 aromatic rings. The molecule has 0 spiro atoms. The zero-order valence-electron chi connectivity index (χ0n) is 10.6. The number of nitrogens with one attached hydrogen (secondary N) is 1. The van der Waals surface area contributed by atoms with Crippen LogP contribution in [0.25, 0.3) is 0 Å². The van der Waals surface area contributed by atoms with E-state index in [2.05, 4.69) is 4.72 Å². The summed E-state index contributed by atoms with van der Waals surface area (Å²) in [6.45, 7) is 2.31. The average molecular weight is 326 g/mol. The van der Waals surface area contributed by atoms with Crippen molar-refractivity contribution < 1.29 is 13.5 Å². The number of rotatable bonds is 7. The Morgan fingerprint density at radius 1 is 1.37 bits per heavy atom. The van der Waals surface area contributed by atoms with Crippen LogP contribution in [-0.4, -0.2) is 26.7 Å². The number of halogens is 2. The molecule has 19 heavy (non-hydrogen) atoms. The summed E-state index contributed by atoms with van der Waals surface area (Å²) in [5.74, 6) is 0.166. The van der Waals surface area contributed by atoms with E-state index in [1.165, 1.54) is 18.2 Å². The lowest BCUT2D eigenvalue weighted by atomic mass is 10.1. The first-order valence-corrected chi connectivity index (χ1v) is 8.16. The highest BCUT2D eigenvalue weighted by Gasteiger charge is 2.17. The number of aliphatic hydroxyl groups excluding tert-OH is 1. The summed E-state index contributed by atoms with van der Waals surface area (Å²) in [4.78, 5) is -0.0168. The van der Waals surface area contributed by atoms with Crippen molar-refractivity contribution in [2.24, 2.45) is 5.92 Å². The van der Waals surface area contributed by atoms with Crippen LogP contribution in [0.1, 0.15) is 19.8 Å². The van der Waals surface area contributed by atoms with Crippen molar-refractivity contribution in [2.75, 3.05) is 13.2 Å². The summed E-state index contributed by atoms with van der Waals surface area (Å²) >= 11 is 11.6. The normalized spacial score (nSPS) is 13.5. The van der Waals surface area contributed by atoms with E-state index in [4.69, 9.17) is 28.3 Å². The lowest BCUT2D eigenvalue weighted by molar-refractivity contribution is 0.228. The lowest BCUT2D eigenvalue weighted by Crippen LogP contribution is -2.25. The average Bonchev–Trinajstić information content (AvgIpc) is 2.37. The molecule has 0 aliphatic rings. The maximum Gasteiger partial charge on any atom is 0.242 e. The van der Waals surface area contributed by atoms with E-state index >= 15 is 0 Å². The zero-order valence-corrected chi connectivity index (χ0v) is 12.9. The van der Waals surface area contributed by atoms with Crippen molar-refractivity contribution in [3.05, 3.63) is 28.2 Å². The van der Waals surface area contributed by atoms with E-state index in [0.29, 0.717) is 18.0 Å². The Morgan fingerprint density at radius 2 is 2.05 bits per heavy atom. The molecule has 1 rings (SSSR count). The third-order valence-corrected chi connectivity index (χ3v) is 4.84. The Morgan fingerprint density at radius 3 is 2.68 bits per heavy atom. The molecule has 1 aromatic carbocycles. The van der Waals surface area contributed by atoms with Gasteiger partial charge in [0.25, 0.3) is 0 Å². The van der Waals surface area contributed by atoms with Gasteiger partial charge in [-0.05, 0) is 37.0 Å². The highest BCUT2D eigenvalue weighted by atomic mass is 35.5. The molecule has 108 valence electrons. The minimum Gasteiger partial charge on any atom is -0.396 e. The number of hydrogen-bond donors (Lipinski definition) is 2. The first kappa shape index (κ1) is 16.7. The molecule has 0 saturated carbocycles. The van der Waals surface area contributed by atoms with Crippen molar-refractivity contribution in [1.29, 1.82) is 0 Å². The van der Waals surface area contributed by atoms with Gasteiger partial charge in [0.2, 0.25) is 10.0 Å². The molecule has 0 radical (unpaired) electrons. The summed E-state index contributed by atoms with van der Waals surface area (Å²) in [5, 5.41) is 9.33. The van der Waals surface area contributed by atoms with Gasteiger partial charge in [-0.3, -0.25) is 0 Å². The molecule has 7 heteroatoms. The van der Waals surface area contributed by atoms with Gasteiger partial charge in [-0.25, -0.2) is 13.1 Å². The van der Waals surface area contributed by atoms with Crippen molar-refractivity contribution in [3.8, 4) is 0 Å². The molecule has 0 aromatic heterocycles. The van der Waals surface area contributed by atoms with E-state index in [1.807, 2.05) is 6.92 Å². The predicted molar refractivity (Wildman–Crippen MR) is 77.1 cm³/mol. The van der Waals surface area contributed by atoms with E-state index in [9.17, 15) is 8.42 Å². The van der Waals surface area contributed by atoms with E-state index in [1.54, 1.807) is 0 Å². The molecule has 1 unspecified atom stereocenters. The van der Waals surface area contributed by atoms with Crippen LogP contribution in [0.2, 0.25) is 10.0 Å². The monoisotopic (exact) mass is 325 g/mol. The standard InChI is InChI=1S/C12H17Cl2NO3S/c1-9(8-16)3-2-6-15-19(17,18)12-7-10(13)4-5-11(12)14/h4-5,7,9,15-16H,2-3,6,8H2,1H3. The molecular formula is C12H17Cl2NO3S. The van der Waals surface area contributed by atoms with Gasteiger partial charge in [-0.2, -0.15) is 0 Å². The predicted octanol–water partition coefficient (Wildman–Crippen LogP) is 2.68. The summed E-state index contributed by atoms with van der Waals surface area (Å²) < 4.78 is 26.5. The SMILES string of the molecule is CC(CO)CCCNS(=O)(=O)c1cc(Cl)ccc1Cl. The quantitative estimate of drug-likeness (QED) is 0.757. The van der Waals surface area contributed by atoms with Gasteiger partial charge < -0.3 is 5.11 Å². The van der Waals surface area contributed by atoms with Crippen LogP contribution in [-0.2, 0) is 10.0 Å². The Balaban J connectivity index is 2.64. The first-order valence-electron chi connectivity index (χ1n) is 5.92. The maximum atomic E-state index is 12.0. The Hall–Kier alpha value is -0.330. The first-order chi connectivity index (χ1) is 8.86. The highest BCUT2D eigenvalue weighted by Crippen LogP contribution is 2.24. The second kappa shape index (κ2) is 7.45. The smallest absolute Gasteiger partial charge is 0.242 e. The fourth-order valence-corrected chi connectivity index (χ4v) is 3.34. The summed E-state index contributed by atoms with van der Waals surface area (Å²) in [7, 11) is -3.65. The second-order valence-corrected chi connectivity index (χ2v) is 6.98. The zero-order chi connectivity index (χ0) is 14.5. The van der Waals surface area contributed by atoms with E-state index in [-0.39, 0.29) is 22.4 Å². The van der Waals surface area contributed by atoms with Crippen LogP contribution in [0, 0.1) is 5.92 Å². The molecular weight excluding hydrogens is 309 g/mol. The Bertz CT molecular complexity index is 520. The molecule has 0 heterocycles. The number of sulfonamides is 1.